The molecular weight excluding hydrogens is 280 g/mol. The van der Waals surface area contributed by atoms with Crippen LogP contribution in [-0.2, 0) is 6.54 Å². The zero-order valence-electron chi connectivity index (χ0n) is 11.9. The second kappa shape index (κ2) is 5.66. The molecule has 21 heavy (non-hydrogen) atoms. The topological polar surface area (TPSA) is 38.0 Å². The second-order valence-electron chi connectivity index (χ2n) is 5.18. The van der Waals surface area contributed by atoms with Gasteiger partial charge in [0.15, 0.2) is 0 Å². The maximum atomic E-state index is 6.10. The molecule has 3 rings (SSSR count). The van der Waals surface area contributed by atoms with Gasteiger partial charge in [-0.2, -0.15) is 0 Å². The minimum absolute atomic E-state index is 0.584. The largest absolute Gasteiger partial charge is 0.398 e. The van der Waals surface area contributed by atoms with Crippen molar-refractivity contribution in [2.24, 2.45) is 0 Å². The molecule has 0 heterocycles. The van der Waals surface area contributed by atoms with E-state index in [9.17, 15) is 0 Å². The number of rotatable bonds is 3. The highest BCUT2D eigenvalue weighted by Gasteiger charge is 2.05. The van der Waals surface area contributed by atoms with Crippen molar-refractivity contribution in [3.8, 4) is 0 Å². The number of nitrogen functional groups attached to an aromatic ring is 1. The Labute approximate surface area is 129 Å². The standard InChI is InChI=1S/C18H17ClN2/c1-12-9-17(20)16(19)10-18(12)21-11-14-7-4-6-13-5-2-3-8-15(13)14/h2-10,21H,11,20H2,1H3. The van der Waals surface area contributed by atoms with Crippen molar-refractivity contribution in [2.45, 2.75) is 13.5 Å². The molecule has 0 aliphatic rings. The molecule has 0 bridgehead atoms. The van der Waals surface area contributed by atoms with Crippen LogP contribution in [0.3, 0.4) is 0 Å². The van der Waals surface area contributed by atoms with Crippen molar-refractivity contribution in [3.63, 3.8) is 0 Å². The van der Waals surface area contributed by atoms with Crippen LogP contribution in [0.25, 0.3) is 10.8 Å². The number of halogens is 1. The average Bonchev–Trinajstić information content (AvgIpc) is 2.49. The summed E-state index contributed by atoms with van der Waals surface area (Å²) in [6.45, 7) is 2.78. The van der Waals surface area contributed by atoms with E-state index in [4.69, 9.17) is 17.3 Å². The summed E-state index contributed by atoms with van der Waals surface area (Å²) in [6, 6.07) is 18.5. The Bertz CT molecular complexity index is 791. The number of aryl methyl sites for hydroxylation is 1. The SMILES string of the molecule is Cc1cc(N)c(Cl)cc1NCc1cccc2ccccc12. The van der Waals surface area contributed by atoms with Crippen LogP contribution < -0.4 is 11.1 Å². The molecule has 0 aliphatic carbocycles. The molecule has 2 nitrogen and oxygen atoms in total. The smallest absolute Gasteiger partial charge is 0.0656 e. The molecule has 0 saturated heterocycles. The van der Waals surface area contributed by atoms with Crippen LogP contribution in [-0.4, -0.2) is 0 Å². The van der Waals surface area contributed by atoms with Gasteiger partial charge >= 0.3 is 0 Å². The van der Waals surface area contributed by atoms with Crippen molar-refractivity contribution in [2.75, 3.05) is 11.1 Å². The fourth-order valence-electron chi connectivity index (χ4n) is 2.53. The van der Waals surface area contributed by atoms with Gasteiger partial charge in [-0.05, 0) is 41.0 Å². The molecule has 0 aliphatic heterocycles. The highest BCUT2D eigenvalue weighted by atomic mass is 35.5. The third-order valence-corrected chi connectivity index (χ3v) is 4.02. The molecule has 3 N–H and O–H groups in total. The average molecular weight is 297 g/mol. The molecule has 106 valence electrons. The third-order valence-electron chi connectivity index (χ3n) is 3.69. The van der Waals surface area contributed by atoms with Crippen LogP contribution >= 0.6 is 11.6 Å². The Morgan fingerprint density at radius 1 is 1.05 bits per heavy atom. The van der Waals surface area contributed by atoms with Gasteiger partial charge in [0.2, 0.25) is 0 Å². The Balaban J connectivity index is 1.89. The van der Waals surface area contributed by atoms with Gasteiger partial charge in [0.05, 0.1) is 10.7 Å². The minimum atomic E-state index is 0.584. The van der Waals surface area contributed by atoms with Crippen molar-refractivity contribution < 1.29 is 0 Å². The summed E-state index contributed by atoms with van der Waals surface area (Å²) in [6.07, 6.45) is 0. The zero-order chi connectivity index (χ0) is 14.8. The molecule has 0 spiro atoms. The lowest BCUT2D eigenvalue weighted by Gasteiger charge is -2.13. The highest BCUT2D eigenvalue weighted by molar-refractivity contribution is 6.33. The maximum Gasteiger partial charge on any atom is 0.0656 e. The van der Waals surface area contributed by atoms with Gasteiger partial charge in [-0.15, -0.1) is 0 Å². The predicted octanol–water partition coefficient (Wildman–Crippen LogP) is 5.00. The molecule has 0 radical (unpaired) electrons. The minimum Gasteiger partial charge on any atom is -0.398 e. The van der Waals surface area contributed by atoms with Crippen LogP contribution in [0.5, 0.6) is 0 Å². The van der Waals surface area contributed by atoms with Gasteiger partial charge in [0.1, 0.15) is 0 Å². The van der Waals surface area contributed by atoms with E-state index >= 15 is 0 Å². The number of nitrogens with two attached hydrogens (primary N) is 1. The van der Waals surface area contributed by atoms with E-state index in [1.165, 1.54) is 16.3 Å². The van der Waals surface area contributed by atoms with E-state index in [0.29, 0.717) is 10.7 Å². The molecule has 0 atom stereocenters. The normalized spacial score (nSPS) is 10.8. The summed E-state index contributed by atoms with van der Waals surface area (Å²) in [5.74, 6) is 0. The highest BCUT2D eigenvalue weighted by Crippen LogP contribution is 2.27. The zero-order valence-corrected chi connectivity index (χ0v) is 12.6. The van der Waals surface area contributed by atoms with Gasteiger partial charge in [0, 0.05) is 12.2 Å². The lowest BCUT2D eigenvalue weighted by molar-refractivity contribution is 1.16. The first-order chi connectivity index (χ1) is 10.1. The third kappa shape index (κ3) is 2.81. The Kier molecular flexibility index (Phi) is 3.72. The summed E-state index contributed by atoms with van der Waals surface area (Å²) in [5.41, 5.74) is 9.80. The summed E-state index contributed by atoms with van der Waals surface area (Å²) in [4.78, 5) is 0. The maximum absolute atomic E-state index is 6.10. The summed E-state index contributed by atoms with van der Waals surface area (Å²) >= 11 is 6.10. The fraction of sp³-hybridized carbons (Fsp3) is 0.111. The molecule has 3 heteroatoms. The Morgan fingerprint density at radius 2 is 1.81 bits per heavy atom. The molecule has 0 unspecified atom stereocenters. The van der Waals surface area contributed by atoms with Crippen molar-refractivity contribution in [1.29, 1.82) is 0 Å². The molecule has 0 fully saturated rings. The van der Waals surface area contributed by atoms with E-state index in [1.807, 2.05) is 19.1 Å². The van der Waals surface area contributed by atoms with Gasteiger partial charge in [0.25, 0.3) is 0 Å². The van der Waals surface area contributed by atoms with Crippen LogP contribution in [0.1, 0.15) is 11.1 Å². The van der Waals surface area contributed by atoms with Crippen molar-refractivity contribution in [1.82, 2.24) is 0 Å². The van der Waals surface area contributed by atoms with Crippen molar-refractivity contribution in [3.05, 3.63) is 70.7 Å². The molecule has 3 aromatic carbocycles. The van der Waals surface area contributed by atoms with Crippen molar-refractivity contribution >= 4 is 33.7 Å². The van der Waals surface area contributed by atoms with E-state index in [0.717, 1.165) is 17.8 Å². The fourth-order valence-corrected chi connectivity index (χ4v) is 2.70. The van der Waals surface area contributed by atoms with E-state index in [1.54, 1.807) is 0 Å². The lowest BCUT2D eigenvalue weighted by atomic mass is 10.0. The van der Waals surface area contributed by atoms with Gasteiger partial charge in [-0.1, -0.05) is 54.1 Å². The summed E-state index contributed by atoms with van der Waals surface area (Å²) in [7, 11) is 0. The lowest BCUT2D eigenvalue weighted by Crippen LogP contribution is -2.02. The Hall–Kier alpha value is -2.19. The van der Waals surface area contributed by atoms with Crippen LogP contribution in [0, 0.1) is 6.92 Å². The number of nitrogens with one attached hydrogen (secondary N) is 1. The summed E-state index contributed by atoms with van der Waals surface area (Å²) < 4.78 is 0. The summed E-state index contributed by atoms with van der Waals surface area (Å²) in [5, 5.41) is 6.56. The Morgan fingerprint density at radius 3 is 2.67 bits per heavy atom. The monoisotopic (exact) mass is 296 g/mol. The molecular formula is C18H17ClN2. The van der Waals surface area contributed by atoms with Crippen LogP contribution in [0.4, 0.5) is 11.4 Å². The van der Waals surface area contributed by atoms with E-state index in [-0.39, 0.29) is 0 Å². The van der Waals surface area contributed by atoms with Gasteiger partial charge in [-0.25, -0.2) is 0 Å². The van der Waals surface area contributed by atoms with Gasteiger partial charge < -0.3 is 11.1 Å². The van der Waals surface area contributed by atoms with E-state index < -0.39 is 0 Å². The quantitative estimate of drug-likeness (QED) is 0.668. The number of fused-ring (bicyclic) bond motifs is 1. The van der Waals surface area contributed by atoms with Crippen LogP contribution in [0.2, 0.25) is 5.02 Å². The molecule has 0 aromatic heterocycles. The number of anilines is 2. The van der Waals surface area contributed by atoms with Gasteiger partial charge in [-0.3, -0.25) is 0 Å². The number of hydrogen-bond acceptors (Lipinski definition) is 2. The van der Waals surface area contributed by atoms with Crippen LogP contribution in [0.15, 0.2) is 54.6 Å². The second-order valence-corrected chi connectivity index (χ2v) is 5.59. The number of benzene rings is 3. The molecule has 0 saturated carbocycles. The van der Waals surface area contributed by atoms with E-state index in [2.05, 4.69) is 47.8 Å². The predicted molar refractivity (Wildman–Crippen MR) is 91.9 cm³/mol. The molecule has 0 amide bonds. The first-order valence-corrected chi connectivity index (χ1v) is 7.29. The number of hydrogen-bond donors (Lipinski definition) is 2. The molecule has 3 aromatic rings. The first-order valence-electron chi connectivity index (χ1n) is 6.91. The first kappa shape index (κ1) is 13.8.